The number of benzene rings is 2. The van der Waals surface area contributed by atoms with Crippen molar-refractivity contribution in [2.24, 2.45) is 0 Å². The zero-order chi connectivity index (χ0) is 24.1. The average Bonchev–Trinajstić information content (AvgIpc) is 3.43. The second kappa shape index (κ2) is 8.62. The molecule has 0 radical (unpaired) electrons. The van der Waals surface area contributed by atoms with Gasteiger partial charge in [0.25, 0.3) is 0 Å². The summed E-state index contributed by atoms with van der Waals surface area (Å²) in [6, 6.07) is 15.4. The number of carbonyl (C=O) groups excluding carboxylic acids is 1. The molecule has 8 heteroatoms. The van der Waals surface area contributed by atoms with Crippen molar-refractivity contribution in [1.29, 1.82) is 0 Å². The molecule has 1 N–H and O–H groups in total. The van der Waals surface area contributed by atoms with Gasteiger partial charge in [-0.05, 0) is 73.1 Å². The summed E-state index contributed by atoms with van der Waals surface area (Å²) in [6.07, 6.45) is 2.97. The third-order valence-electron chi connectivity index (χ3n) is 6.80. The summed E-state index contributed by atoms with van der Waals surface area (Å²) in [4.78, 5) is 19.2. The third kappa shape index (κ3) is 3.92. The van der Waals surface area contributed by atoms with E-state index in [0.29, 0.717) is 12.2 Å². The lowest BCUT2D eigenvalue weighted by atomic mass is 10.0. The van der Waals surface area contributed by atoms with E-state index in [1.807, 2.05) is 18.3 Å². The van der Waals surface area contributed by atoms with Crippen LogP contribution in [-0.2, 0) is 19.5 Å². The topological polar surface area (TPSA) is 40.5 Å². The smallest absolute Gasteiger partial charge is 0.310 e. The summed E-state index contributed by atoms with van der Waals surface area (Å²) in [6.45, 7) is 2.28. The van der Waals surface area contributed by atoms with Crippen molar-refractivity contribution in [1.82, 2.24) is 14.4 Å². The van der Waals surface area contributed by atoms with Crippen molar-refractivity contribution in [3.05, 3.63) is 106 Å². The summed E-state index contributed by atoms with van der Waals surface area (Å²) >= 11 is 1.78. The minimum Gasteiger partial charge on any atom is -0.310 e. The Bertz CT molecular complexity index is 1390. The number of anilines is 1. The van der Waals surface area contributed by atoms with E-state index >= 15 is 0 Å². The molecule has 6 rings (SSSR count). The molecule has 2 aliphatic heterocycles. The van der Waals surface area contributed by atoms with Crippen LogP contribution in [0.1, 0.15) is 33.3 Å². The van der Waals surface area contributed by atoms with Crippen LogP contribution in [0.15, 0.2) is 66.9 Å². The summed E-state index contributed by atoms with van der Waals surface area (Å²) in [5.74, 6) is -0.684. The number of amides is 2. The van der Waals surface area contributed by atoms with Gasteiger partial charge in [-0.15, -0.1) is 11.3 Å². The number of nitrogens with one attached hydrogen (secondary N) is 1. The lowest BCUT2D eigenvalue weighted by Gasteiger charge is -2.32. The number of likely N-dealkylation sites (N-methyl/N-ethyl adjacent to an activating group) is 1. The molecule has 0 unspecified atom stereocenters. The summed E-state index contributed by atoms with van der Waals surface area (Å²) < 4.78 is 29.4. The molecule has 2 aliphatic rings. The Morgan fingerprint density at radius 1 is 0.971 bits per heavy atom. The number of halogens is 2. The van der Waals surface area contributed by atoms with Gasteiger partial charge in [-0.25, -0.2) is 13.6 Å². The number of hydrogen-bond donors (Lipinski definition) is 1. The fourth-order valence-electron chi connectivity index (χ4n) is 5.08. The molecule has 0 spiro atoms. The predicted molar refractivity (Wildman–Crippen MR) is 133 cm³/mol. The number of thiophene rings is 1. The molecular formula is C27H24F2N4OS. The van der Waals surface area contributed by atoms with Gasteiger partial charge in [0.05, 0.1) is 18.3 Å². The zero-order valence-electron chi connectivity index (χ0n) is 19.2. The largest absolute Gasteiger partial charge is 0.322 e. The molecule has 0 saturated heterocycles. The van der Waals surface area contributed by atoms with Gasteiger partial charge in [0.2, 0.25) is 0 Å². The molecule has 35 heavy (non-hydrogen) atoms. The number of aromatic nitrogens is 1. The van der Waals surface area contributed by atoms with E-state index in [-0.39, 0.29) is 17.7 Å². The molecule has 0 aliphatic carbocycles. The van der Waals surface area contributed by atoms with Gasteiger partial charge in [0, 0.05) is 35.4 Å². The predicted octanol–water partition coefficient (Wildman–Crippen LogP) is 5.94. The highest BCUT2D eigenvalue weighted by molar-refractivity contribution is 7.15. The number of nitrogens with zero attached hydrogens (tertiary/aromatic N) is 3. The van der Waals surface area contributed by atoms with Gasteiger partial charge >= 0.3 is 6.03 Å². The SMILES string of the molecule is CN1CCc2c(sc3c2CN(C(=O)Nc2ccc(F)cc2)[C@@H](c2ccc(F)cc2)c2cccn2-3)C1. The maximum atomic E-state index is 13.8. The van der Waals surface area contributed by atoms with E-state index in [2.05, 4.69) is 21.8 Å². The second-order valence-corrected chi connectivity index (χ2v) is 10.2. The zero-order valence-corrected chi connectivity index (χ0v) is 20.0. The monoisotopic (exact) mass is 490 g/mol. The maximum Gasteiger partial charge on any atom is 0.322 e. The van der Waals surface area contributed by atoms with E-state index in [1.54, 1.807) is 40.5 Å². The van der Waals surface area contributed by atoms with Crippen LogP contribution >= 0.6 is 11.3 Å². The van der Waals surface area contributed by atoms with Crippen LogP contribution in [0, 0.1) is 11.6 Å². The Hall–Kier alpha value is -3.49. The molecule has 4 heterocycles. The summed E-state index contributed by atoms with van der Waals surface area (Å²) in [7, 11) is 2.13. The molecule has 2 aromatic carbocycles. The van der Waals surface area contributed by atoms with Crippen molar-refractivity contribution in [2.45, 2.75) is 25.6 Å². The Labute approximate surface area is 206 Å². The van der Waals surface area contributed by atoms with Crippen molar-refractivity contribution in [2.75, 3.05) is 18.9 Å². The molecule has 5 nitrogen and oxygen atoms in total. The lowest BCUT2D eigenvalue weighted by Crippen LogP contribution is -2.38. The molecule has 4 aromatic rings. The van der Waals surface area contributed by atoms with Crippen LogP contribution in [0.3, 0.4) is 0 Å². The molecule has 1 atom stereocenters. The number of rotatable bonds is 2. The Morgan fingerprint density at radius 2 is 1.69 bits per heavy atom. The molecule has 2 aromatic heterocycles. The van der Waals surface area contributed by atoms with Gasteiger partial charge in [-0.3, -0.25) is 0 Å². The van der Waals surface area contributed by atoms with Crippen LogP contribution in [-0.4, -0.2) is 34.0 Å². The molecular weight excluding hydrogens is 466 g/mol. The van der Waals surface area contributed by atoms with Crippen LogP contribution < -0.4 is 5.32 Å². The lowest BCUT2D eigenvalue weighted by molar-refractivity contribution is 0.194. The van der Waals surface area contributed by atoms with Gasteiger partial charge in [0.1, 0.15) is 16.6 Å². The second-order valence-electron chi connectivity index (χ2n) is 9.10. The Kier molecular flexibility index (Phi) is 5.42. The van der Waals surface area contributed by atoms with Crippen LogP contribution in [0.25, 0.3) is 5.00 Å². The first kappa shape index (κ1) is 22.0. The number of carbonyl (C=O) groups is 1. The first-order valence-electron chi connectivity index (χ1n) is 11.6. The maximum absolute atomic E-state index is 13.8. The minimum absolute atomic E-state index is 0.292. The van der Waals surface area contributed by atoms with Gasteiger partial charge < -0.3 is 19.7 Å². The summed E-state index contributed by atoms with van der Waals surface area (Å²) in [5.41, 5.74) is 4.76. The van der Waals surface area contributed by atoms with E-state index in [0.717, 1.165) is 41.3 Å². The average molecular weight is 491 g/mol. The molecule has 0 bridgehead atoms. The molecule has 0 fully saturated rings. The molecule has 178 valence electrons. The van der Waals surface area contributed by atoms with Crippen molar-refractivity contribution >= 4 is 23.1 Å². The standard InChI is InChI=1S/C27H24F2N4OS/c1-31-14-12-21-22-15-33(27(34)30-20-10-8-19(29)9-11-20)25(17-4-6-18(28)7-5-17)23-3-2-13-32(23)26(22)35-24(21)16-31/h2-11,13,25H,12,14-16H2,1H3,(H,30,34)/t25-/m0/s1. The fourth-order valence-corrected chi connectivity index (χ4v) is 6.52. The molecule has 0 saturated carbocycles. The van der Waals surface area contributed by atoms with Crippen molar-refractivity contribution in [3.63, 3.8) is 0 Å². The Balaban J connectivity index is 1.48. The highest BCUT2D eigenvalue weighted by Crippen LogP contribution is 2.43. The Morgan fingerprint density at radius 3 is 2.43 bits per heavy atom. The van der Waals surface area contributed by atoms with Crippen LogP contribution in [0.4, 0.5) is 19.3 Å². The van der Waals surface area contributed by atoms with Crippen LogP contribution in [0.5, 0.6) is 0 Å². The van der Waals surface area contributed by atoms with Crippen molar-refractivity contribution in [3.8, 4) is 5.00 Å². The van der Waals surface area contributed by atoms with Crippen LogP contribution in [0.2, 0.25) is 0 Å². The fraction of sp³-hybridized carbons (Fsp3) is 0.222. The van der Waals surface area contributed by atoms with E-state index in [9.17, 15) is 13.6 Å². The van der Waals surface area contributed by atoms with Gasteiger partial charge in [-0.1, -0.05) is 12.1 Å². The molecule has 2 amide bonds. The van der Waals surface area contributed by atoms with Gasteiger partial charge in [0.15, 0.2) is 0 Å². The number of fused-ring (bicyclic) bond motifs is 5. The van der Waals surface area contributed by atoms with Gasteiger partial charge in [-0.2, -0.15) is 0 Å². The van der Waals surface area contributed by atoms with E-state index < -0.39 is 6.04 Å². The van der Waals surface area contributed by atoms with Crippen molar-refractivity contribution < 1.29 is 13.6 Å². The van der Waals surface area contributed by atoms with E-state index in [4.69, 9.17) is 0 Å². The number of urea groups is 1. The number of hydrogen-bond acceptors (Lipinski definition) is 3. The highest BCUT2D eigenvalue weighted by Gasteiger charge is 2.36. The first-order chi connectivity index (χ1) is 17.0. The minimum atomic E-state index is -0.424. The normalized spacial score (nSPS) is 17.3. The highest BCUT2D eigenvalue weighted by atomic mass is 32.1. The first-order valence-corrected chi connectivity index (χ1v) is 12.4. The van der Waals surface area contributed by atoms with E-state index in [1.165, 1.54) is 34.7 Å². The third-order valence-corrected chi connectivity index (χ3v) is 8.06. The quantitative estimate of drug-likeness (QED) is 0.378. The summed E-state index contributed by atoms with van der Waals surface area (Å²) in [5, 5.41) is 4.08.